The average Bonchev–Trinajstić information content (AvgIpc) is 3.90. The van der Waals surface area contributed by atoms with Crippen molar-refractivity contribution in [3.8, 4) is 29.4 Å². The van der Waals surface area contributed by atoms with Crippen molar-refractivity contribution in [2.75, 3.05) is 7.11 Å². The van der Waals surface area contributed by atoms with E-state index in [1.54, 1.807) is 68.2 Å². The predicted molar refractivity (Wildman–Crippen MR) is 268 cm³/mol. The standard InChI is InChI=1S/C24H19N3O3S.C22H16N4O3.C8H11NO/c25-31(29,30)21-12-9-20(10-13-21)16-27-17-26-23-14-11-19(15-22(23)24(27)28)8-4-7-18-5-2-1-3-6-18;27-21-19-12-16(2-1-10-25-11-9-23-14-25)5-8-20(19)24-15-26(21)13-17-3-6-18(7-4-17)22(28)29;1-10-8-4-2-7(6-9)3-5-8/h1-3,5-6,9-15,17H,7,16H2,(H2,25,29,30);3-9,11-12,14-15H,10,13H2,(H,28,29);2-5H,6,9H2,1H3. The number of rotatable bonds is 10. The van der Waals surface area contributed by atoms with Crippen LogP contribution in [-0.4, -0.2) is 55.3 Å². The topological polar surface area (TPSA) is 220 Å². The van der Waals surface area contributed by atoms with Gasteiger partial charge in [-0.05, 0) is 95.1 Å². The second-order valence-electron chi connectivity index (χ2n) is 15.6. The number of methoxy groups -OCH3 is 1. The molecule has 6 aromatic carbocycles. The van der Waals surface area contributed by atoms with Gasteiger partial charge in [0, 0.05) is 36.5 Å². The first-order valence-corrected chi connectivity index (χ1v) is 23.1. The number of fused-ring (bicyclic) bond motifs is 2. The third kappa shape index (κ3) is 13.4. The molecular formula is C54H46N8O7S. The molecule has 0 fully saturated rings. The molecule has 0 amide bonds. The second-order valence-corrected chi connectivity index (χ2v) is 17.1. The lowest BCUT2D eigenvalue weighted by atomic mass is 10.1. The zero-order chi connectivity index (χ0) is 49.5. The first-order chi connectivity index (χ1) is 33.9. The smallest absolute Gasteiger partial charge is 0.335 e. The van der Waals surface area contributed by atoms with Crippen LogP contribution in [0.5, 0.6) is 5.75 Å². The summed E-state index contributed by atoms with van der Waals surface area (Å²) in [5, 5.41) is 15.1. The largest absolute Gasteiger partial charge is 0.497 e. The van der Waals surface area contributed by atoms with Crippen LogP contribution in [0.1, 0.15) is 43.7 Å². The van der Waals surface area contributed by atoms with Crippen molar-refractivity contribution < 1.29 is 23.1 Å². The first kappa shape index (κ1) is 49.0. The van der Waals surface area contributed by atoms with Gasteiger partial charge in [0.15, 0.2) is 0 Å². The molecule has 70 heavy (non-hydrogen) atoms. The van der Waals surface area contributed by atoms with Crippen LogP contribution < -0.4 is 26.7 Å². The summed E-state index contributed by atoms with van der Waals surface area (Å²) in [6.07, 6.45) is 8.84. The van der Waals surface area contributed by atoms with E-state index < -0.39 is 16.0 Å². The van der Waals surface area contributed by atoms with Crippen molar-refractivity contribution in [2.45, 2.75) is 37.5 Å². The highest BCUT2D eigenvalue weighted by Crippen LogP contribution is 2.15. The molecule has 0 spiro atoms. The summed E-state index contributed by atoms with van der Waals surface area (Å²) in [6, 6.07) is 41.0. The van der Waals surface area contributed by atoms with Crippen LogP contribution >= 0.6 is 0 Å². The molecule has 350 valence electrons. The Balaban J connectivity index is 0.000000173. The fourth-order valence-corrected chi connectivity index (χ4v) is 7.36. The fourth-order valence-electron chi connectivity index (χ4n) is 6.85. The normalized spacial score (nSPS) is 10.6. The van der Waals surface area contributed by atoms with Crippen molar-refractivity contribution in [3.63, 3.8) is 0 Å². The molecule has 0 saturated heterocycles. The number of ether oxygens (including phenoxy) is 1. The molecule has 0 aliphatic heterocycles. The van der Waals surface area contributed by atoms with Crippen molar-refractivity contribution in [1.29, 1.82) is 0 Å². The number of carboxylic acids is 1. The van der Waals surface area contributed by atoms with E-state index in [1.165, 1.54) is 46.1 Å². The molecule has 0 radical (unpaired) electrons. The van der Waals surface area contributed by atoms with Crippen molar-refractivity contribution >= 4 is 37.8 Å². The molecule has 3 heterocycles. The molecule has 5 N–H and O–H groups in total. The SMILES string of the molecule is COc1ccc(CN)cc1.NS(=O)(=O)c1ccc(Cn2cnc3ccc(C#CCc4ccccc4)cc3c2=O)cc1.O=C(O)c1ccc(Cn2cnc3ccc(C#CCn4ccnc4)cc3c2=O)cc1. The number of sulfonamides is 1. The summed E-state index contributed by atoms with van der Waals surface area (Å²) >= 11 is 0. The number of aromatic nitrogens is 6. The van der Waals surface area contributed by atoms with Gasteiger partial charge in [0.25, 0.3) is 11.1 Å². The minimum absolute atomic E-state index is 0.0268. The van der Waals surface area contributed by atoms with E-state index in [-0.39, 0.29) is 28.1 Å². The highest BCUT2D eigenvalue weighted by Gasteiger charge is 2.10. The summed E-state index contributed by atoms with van der Waals surface area (Å²) < 4.78 is 32.6. The van der Waals surface area contributed by atoms with E-state index in [4.69, 9.17) is 20.7 Å². The summed E-state index contributed by atoms with van der Waals surface area (Å²) in [7, 11) is -2.10. The van der Waals surface area contributed by atoms with Gasteiger partial charge >= 0.3 is 5.97 Å². The maximum atomic E-state index is 13.0. The summed E-state index contributed by atoms with van der Waals surface area (Å²) in [6.45, 7) is 1.67. The molecule has 0 aliphatic carbocycles. The lowest BCUT2D eigenvalue weighted by Gasteiger charge is -2.08. The van der Waals surface area contributed by atoms with E-state index >= 15 is 0 Å². The third-order valence-electron chi connectivity index (χ3n) is 10.6. The van der Waals surface area contributed by atoms with Crippen LogP contribution in [0.25, 0.3) is 21.8 Å². The molecule has 3 aromatic heterocycles. The van der Waals surface area contributed by atoms with Gasteiger partial charge in [0.1, 0.15) is 5.75 Å². The van der Waals surface area contributed by atoms with Gasteiger partial charge in [-0.15, -0.1) is 0 Å². The Morgan fingerprint density at radius 3 is 1.71 bits per heavy atom. The lowest BCUT2D eigenvalue weighted by Crippen LogP contribution is -2.21. The van der Waals surface area contributed by atoms with Crippen LogP contribution in [-0.2, 0) is 42.6 Å². The Labute approximate surface area is 403 Å². The van der Waals surface area contributed by atoms with Gasteiger partial charge < -0.3 is 20.1 Å². The number of imidazole rings is 1. The maximum Gasteiger partial charge on any atom is 0.335 e. The second kappa shape index (κ2) is 23.2. The quantitative estimate of drug-likeness (QED) is 0.130. The number of hydrogen-bond donors (Lipinski definition) is 3. The molecule has 0 saturated carbocycles. The van der Waals surface area contributed by atoms with E-state index in [1.807, 2.05) is 77.5 Å². The molecule has 9 rings (SSSR count). The van der Waals surface area contributed by atoms with Gasteiger partial charge in [-0.25, -0.2) is 33.3 Å². The van der Waals surface area contributed by atoms with E-state index in [0.717, 1.165) is 39.1 Å². The van der Waals surface area contributed by atoms with Crippen LogP contribution in [0.15, 0.2) is 185 Å². The lowest BCUT2D eigenvalue weighted by molar-refractivity contribution is 0.0696. The average molecular weight is 951 g/mol. The van der Waals surface area contributed by atoms with E-state index in [9.17, 15) is 22.8 Å². The number of benzene rings is 6. The van der Waals surface area contributed by atoms with Gasteiger partial charge in [0.2, 0.25) is 10.0 Å². The van der Waals surface area contributed by atoms with Crippen LogP contribution in [0.2, 0.25) is 0 Å². The molecule has 9 aromatic rings. The van der Waals surface area contributed by atoms with Crippen LogP contribution in [0.4, 0.5) is 0 Å². The Morgan fingerprint density at radius 2 is 1.21 bits per heavy atom. The van der Waals surface area contributed by atoms with Crippen molar-refractivity contribution in [1.82, 2.24) is 28.7 Å². The van der Waals surface area contributed by atoms with E-state index in [0.29, 0.717) is 47.9 Å². The van der Waals surface area contributed by atoms with Gasteiger partial charge in [-0.3, -0.25) is 18.7 Å². The number of hydrogen-bond acceptors (Lipinski definition) is 10. The van der Waals surface area contributed by atoms with Crippen molar-refractivity contribution in [2.24, 2.45) is 10.9 Å². The Kier molecular flexibility index (Phi) is 16.2. The highest BCUT2D eigenvalue weighted by atomic mass is 32.2. The zero-order valence-electron chi connectivity index (χ0n) is 37.8. The number of carboxylic acid groups (broad SMARTS) is 1. The summed E-state index contributed by atoms with van der Waals surface area (Å²) in [5.41, 5.74) is 11.8. The number of carbonyl (C=O) groups is 1. The molecule has 0 unspecified atom stereocenters. The Bertz CT molecular complexity index is 3590. The first-order valence-electron chi connectivity index (χ1n) is 21.6. The van der Waals surface area contributed by atoms with Crippen LogP contribution in [0, 0.1) is 23.7 Å². The fraction of sp³-hybridized carbons (Fsp3) is 0.111. The Morgan fingerprint density at radius 1 is 0.671 bits per heavy atom. The molecule has 16 heteroatoms. The zero-order valence-corrected chi connectivity index (χ0v) is 38.7. The minimum Gasteiger partial charge on any atom is -0.497 e. The third-order valence-corrected chi connectivity index (χ3v) is 11.6. The molecule has 15 nitrogen and oxygen atoms in total. The summed E-state index contributed by atoms with van der Waals surface area (Å²) in [5.74, 6) is 12.2. The molecule has 0 aliphatic rings. The van der Waals surface area contributed by atoms with Gasteiger partial charge in [0.05, 0.1) is 78.0 Å². The molecule has 0 bridgehead atoms. The van der Waals surface area contributed by atoms with Crippen LogP contribution in [0.3, 0.4) is 0 Å². The predicted octanol–water partition coefficient (Wildman–Crippen LogP) is 6.23. The molecule has 0 atom stereocenters. The summed E-state index contributed by atoms with van der Waals surface area (Å²) in [4.78, 5) is 49.5. The Hall–Kier alpha value is -8.93. The maximum absolute atomic E-state index is 13.0. The highest BCUT2D eigenvalue weighted by molar-refractivity contribution is 7.89. The number of primary sulfonamides is 1. The van der Waals surface area contributed by atoms with Gasteiger partial charge in [-0.2, -0.15) is 0 Å². The van der Waals surface area contributed by atoms with E-state index in [2.05, 4.69) is 38.6 Å². The number of nitrogens with zero attached hydrogens (tertiary/aromatic N) is 6. The number of aromatic carboxylic acids is 1. The number of nitrogens with two attached hydrogens (primary N) is 2. The van der Waals surface area contributed by atoms with Crippen molar-refractivity contribution in [3.05, 3.63) is 231 Å². The molecular weight excluding hydrogens is 905 g/mol. The monoisotopic (exact) mass is 950 g/mol. The minimum atomic E-state index is -3.75. The van der Waals surface area contributed by atoms with Gasteiger partial charge in [-0.1, -0.05) is 90.4 Å².